The molecule has 7 atom stereocenters. The van der Waals surface area contributed by atoms with Crippen molar-refractivity contribution in [1.82, 2.24) is 39.9 Å². The van der Waals surface area contributed by atoms with Gasteiger partial charge in [0, 0.05) is 122 Å². The van der Waals surface area contributed by atoms with Gasteiger partial charge in [0.2, 0.25) is 5.92 Å². The minimum absolute atomic E-state index is 0.0475. The smallest absolute Gasteiger partial charge is 0.391 e. The Kier molecular flexibility index (Phi) is 30.2. The first-order valence-corrected chi connectivity index (χ1v) is 44.7. The average Bonchev–Trinajstić information content (AvgIpc) is 1.60. The van der Waals surface area contributed by atoms with Gasteiger partial charge in [-0.25, -0.2) is 67.8 Å². The molecule has 0 radical (unpaired) electrons. The van der Waals surface area contributed by atoms with Crippen LogP contribution in [0.3, 0.4) is 0 Å². The highest BCUT2D eigenvalue weighted by Crippen LogP contribution is 2.45. The number of halogens is 8. The molecule has 8 amide bonds. The number of Topliss-reactive ketones (excluding diaryl/α,β-unsaturated/α-hetero) is 4. The number of hydrogen-bond acceptors (Lipinski definition) is 22. The van der Waals surface area contributed by atoms with Gasteiger partial charge in [-0.05, 0) is 223 Å². The molecular formula is C93H108F8N20O10. The second-order valence-electron chi connectivity index (χ2n) is 35.2. The first-order valence-electron chi connectivity index (χ1n) is 44.7. The van der Waals surface area contributed by atoms with E-state index >= 15 is 0 Å². The summed E-state index contributed by atoms with van der Waals surface area (Å²) in [5.74, 6) is -2.53. The number of rotatable bonds is 25. The maximum Gasteiger partial charge on any atom is 0.391 e. The number of ketones is 4. The number of fused-ring (bicyclic) bond motifs is 16. The van der Waals surface area contributed by atoms with Crippen LogP contribution in [0.2, 0.25) is 0 Å². The van der Waals surface area contributed by atoms with Crippen LogP contribution in [0.4, 0.5) is 124 Å². The maximum atomic E-state index is 13.5. The Morgan fingerprint density at radius 2 is 0.748 bits per heavy atom. The predicted molar refractivity (Wildman–Crippen MR) is 480 cm³/mol. The number of aromatic nitrogens is 8. The maximum absolute atomic E-state index is 13.5. The summed E-state index contributed by atoms with van der Waals surface area (Å²) in [5, 5.41) is 29.8. The number of piperidine rings is 4. The van der Waals surface area contributed by atoms with Gasteiger partial charge in [-0.3, -0.25) is 60.0 Å². The van der Waals surface area contributed by atoms with Gasteiger partial charge in [-0.1, -0.05) is 32.9 Å². The fourth-order valence-electron chi connectivity index (χ4n) is 17.3. The second kappa shape index (κ2) is 41.7. The Morgan fingerprint density at radius 1 is 0.412 bits per heavy atom. The third-order valence-electron chi connectivity index (χ3n) is 24.8. The molecule has 9 aliphatic rings. The van der Waals surface area contributed by atoms with Gasteiger partial charge in [-0.15, -0.1) is 0 Å². The Morgan fingerprint density at radius 3 is 1.07 bits per heavy atom. The average molecular weight is 1820 g/mol. The lowest BCUT2D eigenvalue weighted by Gasteiger charge is -2.45. The number of nitrogens with zero attached hydrogens (tertiary/aromatic N) is 16. The van der Waals surface area contributed by atoms with Crippen molar-refractivity contribution in [3.63, 3.8) is 0 Å². The molecule has 5 fully saturated rings. The summed E-state index contributed by atoms with van der Waals surface area (Å²) in [7, 11) is 0. The van der Waals surface area contributed by atoms with Crippen molar-refractivity contribution in [3.05, 3.63) is 168 Å². The van der Waals surface area contributed by atoms with Crippen LogP contribution < -0.4 is 60.5 Å². The fourth-order valence-corrected chi connectivity index (χ4v) is 17.3. The first kappa shape index (κ1) is 94.6. The van der Waals surface area contributed by atoms with Crippen molar-refractivity contribution in [2.24, 2.45) is 23.7 Å². The van der Waals surface area contributed by atoms with E-state index in [9.17, 15) is 83.7 Å². The lowest BCUT2D eigenvalue weighted by molar-refractivity contribution is -0.168. The van der Waals surface area contributed by atoms with E-state index in [1.54, 1.807) is 89.2 Å². The third-order valence-corrected chi connectivity index (χ3v) is 24.8. The van der Waals surface area contributed by atoms with Crippen molar-refractivity contribution < 1.29 is 83.7 Å². The Hall–Kier alpha value is -12.5. The van der Waals surface area contributed by atoms with Crippen LogP contribution in [0.1, 0.15) is 196 Å². The van der Waals surface area contributed by atoms with Crippen molar-refractivity contribution in [1.29, 1.82) is 0 Å². The summed E-state index contributed by atoms with van der Waals surface area (Å²) in [4.78, 5) is 153. The minimum Gasteiger partial charge on any atom is -0.396 e. The molecule has 1 saturated carbocycles. The lowest BCUT2D eigenvalue weighted by Crippen LogP contribution is -2.56. The molecule has 0 unspecified atom stereocenters. The molecule has 0 spiro atoms. The van der Waals surface area contributed by atoms with Gasteiger partial charge in [0.15, 0.2) is 46.4 Å². The lowest BCUT2D eigenvalue weighted by atomic mass is 9.98. The zero-order chi connectivity index (χ0) is 93.0. The van der Waals surface area contributed by atoms with E-state index in [1.807, 2.05) is 56.3 Å². The molecule has 16 heterocycles. The largest absolute Gasteiger partial charge is 0.396 e. The Balaban J connectivity index is 0.000000141. The van der Waals surface area contributed by atoms with Gasteiger partial charge in [0.1, 0.15) is 46.0 Å². The summed E-state index contributed by atoms with van der Waals surface area (Å²) in [6, 6.07) is 29.2. The highest BCUT2D eigenvalue weighted by molar-refractivity contribution is 6.09. The van der Waals surface area contributed by atoms with Crippen LogP contribution >= 0.6 is 0 Å². The van der Waals surface area contributed by atoms with Crippen LogP contribution in [0.5, 0.6) is 0 Å². The number of pyridine rings is 8. The zero-order valence-corrected chi connectivity index (χ0v) is 73.4. The number of nitrogens with one attached hydrogen (secondary N) is 4. The number of aliphatic hydroxyl groups excluding tert-OH is 2. The van der Waals surface area contributed by atoms with Crippen molar-refractivity contribution in [2.45, 2.75) is 199 Å². The molecule has 1 aliphatic carbocycles. The van der Waals surface area contributed by atoms with E-state index in [4.69, 9.17) is 0 Å². The summed E-state index contributed by atoms with van der Waals surface area (Å²) in [5.41, 5.74) is 5.38. The van der Waals surface area contributed by atoms with E-state index in [-0.39, 0.29) is 96.2 Å². The van der Waals surface area contributed by atoms with Crippen molar-refractivity contribution >= 4 is 117 Å². The quantitative estimate of drug-likeness (QED) is 0.0229. The van der Waals surface area contributed by atoms with E-state index in [1.165, 1.54) is 21.9 Å². The molecule has 30 nitrogen and oxygen atoms in total. The van der Waals surface area contributed by atoms with Crippen LogP contribution in [0.15, 0.2) is 134 Å². The molecule has 0 aromatic carbocycles. The van der Waals surface area contributed by atoms with Crippen LogP contribution in [-0.4, -0.2) is 205 Å². The Bertz CT molecular complexity index is 5430. The normalized spacial score (nSPS) is 18.7. The monoisotopic (exact) mass is 1820 g/mol. The molecule has 696 valence electrons. The van der Waals surface area contributed by atoms with Gasteiger partial charge in [-0.2, -0.15) is 26.3 Å². The second-order valence-corrected chi connectivity index (χ2v) is 35.2. The van der Waals surface area contributed by atoms with Gasteiger partial charge in [0.25, 0.3) is 0 Å². The van der Waals surface area contributed by atoms with Crippen LogP contribution in [0, 0.1) is 23.7 Å². The number of alkyl halides is 8. The van der Waals surface area contributed by atoms with E-state index in [0.717, 1.165) is 159 Å². The molecule has 6 N–H and O–H groups in total. The number of aliphatic hydroxyl groups is 2. The fraction of sp³-hybridized carbons (Fsp3) is 0.484. The van der Waals surface area contributed by atoms with Crippen LogP contribution in [0.25, 0.3) is 0 Å². The summed E-state index contributed by atoms with van der Waals surface area (Å²) in [6.45, 7) is 12.0. The molecule has 4 saturated heterocycles. The highest BCUT2D eigenvalue weighted by atomic mass is 19.4. The van der Waals surface area contributed by atoms with E-state index in [2.05, 4.69) is 80.7 Å². The summed E-state index contributed by atoms with van der Waals surface area (Å²) < 4.78 is 103. The Labute approximate surface area is 752 Å². The SMILES string of the molecule is C[C@H](CO)CCc1ccnc(NC(=O)N2c3nc(C(=O)CCC(C)(F)F)ccc3N3CCC[C@H]2C3)c1.C[C@H](CO)CCc1ccnc(NC(=O)N2c3nc(C(=O)C[C@H](C)C(F)(F)F)ccc3N3CCC[C@H]2C3)c1.O=C(CC1CC1)c1ccc2c(n1)N(C(=O)Nc1ccccn1)[C@H]1CCCN2C1.O=C(CCC(F)(F)F)c1ccc2c(n1)N(C(=O)Nc1ccccn1)[C@H]1CCCN2C1. The molecule has 8 aromatic rings. The number of amides is 8. The molecule has 8 aromatic heterocycles. The number of hydrogen-bond donors (Lipinski definition) is 6. The predicted octanol–water partition coefficient (Wildman–Crippen LogP) is 17.0. The summed E-state index contributed by atoms with van der Waals surface area (Å²) in [6.07, 6.45) is 6.91. The zero-order valence-electron chi connectivity index (χ0n) is 73.4. The van der Waals surface area contributed by atoms with Gasteiger partial charge >= 0.3 is 36.5 Å². The third kappa shape index (κ3) is 24.2. The number of aryl methyl sites for hydroxylation is 2. The summed E-state index contributed by atoms with van der Waals surface area (Å²) >= 11 is 0. The molecule has 8 bridgehead atoms. The van der Waals surface area contributed by atoms with Crippen LogP contribution in [-0.2, 0) is 12.8 Å². The van der Waals surface area contributed by atoms with E-state index < -0.39 is 85.3 Å². The molecule has 38 heteroatoms. The van der Waals surface area contributed by atoms with Gasteiger partial charge < -0.3 is 29.8 Å². The molecule has 8 aliphatic heterocycles. The molecule has 17 rings (SSSR count). The molecular weight excluding hydrogens is 1710 g/mol. The minimum atomic E-state index is -4.48. The highest BCUT2D eigenvalue weighted by Gasteiger charge is 2.46. The number of carbonyl (C=O) groups excluding carboxylic acids is 8. The topological polar surface area (TPSA) is 354 Å². The number of carbonyl (C=O) groups is 8. The standard InChI is InChI=1S/C26H32F3N5O3.C26H33F2N5O3.C21H23N5O2.C20H20F3N5O2/c1-16(15-35)5-6-18-9-10-30-23(13-18)32-25(37)34-19-4-3-11-33(14-19)21-8-7-20(31-24(21)34)22(36)12-17(2)26(27,28)29;1-17(16-34)5-6-18-10-12-29-23(14-18)31-25(36)33-19-4-3-13-32(15-19)21-8-7-20(30-24(21)33)22(35)9-11-26(2,27)28;27-18(12-14-6-7-14)16-8-9-17-20(23-16)26(15-4-3-11-25(17)13-15)21(28)24-19-5-1-2-10-22-19;21-20(22,23)9-8-16(29)14-6-7-15-18(25-14)28(13-4-3-11-27(15)12-13)19(30)26-17-5-1-2-10-24-17/h7-10,13,16-17,19,35H,3-6,11-12,14-15H2,1-2H3,(H,30,32,37);7-8,10,12,14,17,19,34H,3-6,9,11,13,15-16H2,1-2H3,(H,29,31,36);1-2,5,8-10,14-15H,3-4,6-7,11-13H2,(H,22,24,28);1-2,5-7,10,13H,3-4,8-9,11-12H2,(H,24,26,30)/t16-,17-,19-;17-,19-;15-;13-/m0000/s1. The number of urea groups is 4. The van der Waals surface area contributed by atoms with E-state index in [0.29, 0.717) is 83.9 Å². The van der Waals surface area contributed by atoms with Gasteiger partial charge in [0.05, 0.1) is 59.3 Å². The first-order chi connectivity index (χ1) is 62.7. The number of anilines is 12. The molecule has 131 heavy (non-hydrogen) atoms. The van der Waals surface area contributed by atoms with Crippen molar-refractivity contribution in [2.75, 3.05) is 126 Å². The van der Waals surface area contributed by atoms with Crippen molar-refractivity contribution in [3.8, 4) is 0 Å².